The molecule has 1 aliphatic heterocycles. The van der Waals surface area contributed by atoms with Crippen LogP contribution in [-0.2, 0) is 4.79 Å². The summed E-state index contributed by atoms with van der Waals surface area (Å²) in [5.41, 5.74) is 6.05. The lowest BCUT2D eigenvalue weighted by molar-refractivity contribution is -0.117. The maximum Gasteiger partial charge on any atom is 0.228 e. The van der Waals surface area contributed by atoms with Gasteiger partial charge in [-0.15, -0.1) is 0 Å². The molecule has 1 aromatic rings. The number of hydrogen-bond donors (Lipinski definition) is 2. The van der Waals surface area contributed by atoms with E-state index in [0.717, 1.165) is 0 Å². The Labute approximate surface area is 86.7 Å². The SMILES string of the molecule is Nc1cncnc1N1CC(CO)CC1=O. The minimum atomic E-state index is -0.0561. The number of anilines is 2. The molecule has 1 aromatic heterocycles. The van der Waals surface area contributed by atoms with Crippen LogP contribution in [0.2, 0.25) is 0 Å². The van der Waals surface area contributed by atoms with Gasteiger partial charge in [0.2, 0.25) is 5.91 Å². The van der Waals surface area contributed by atoms with Crippen molar-refractivity contribution in [2.75, 3.05) is 23.8 Å². The van der Waals surface area contributed by atoms with Crippen molar-refractivity contribution in [3.05, 3.63) is 12.5 Å². The summed E-state index contributed by atoms with van der Waals surface area (Å²) in [7, 11) is 0. The van der Waals surface area contributed by atoms with Crippen molar-refractivity contribution in [3.8, 4) is 0 Å². The third kappa shape index (κ3) is 1.75. The van der Waals surface area contributed by atoms with Crippen LogP contribution in [0.15, 0.2) is 12.5 Å². The van der Waals surface area contributed by atoms with Crippen molar-refractivity contribution in [2.45, 2.75) is 6.42 Å². The first-order valence-corrected chi connectivity index (χ1v) is 4.69. The van der Waals surface area contributed by atoms with Crippen LogP contribution in [0, 0.1) is 5.92 Å². The van der Waals surface area contributed by atoms with Gasteiger partial charge >= 0.3 is 0 Å². The van der Waals surface area contributed by atoms with E-state index in [9.17, 15) is 4.79 Å². The van der Waals surface area contributed by atoms with Gasteiger partial charge in [0.1, 0.15) is 6.33 Å². The Morgan fingerprint density at radius 2 is 2.47 bits per heavy atom. The van der Waals surface area contributed by atoms with Crippen molar-refractivity contribution in [1.29, 1.82) is 0 Å². The molecule has 15 heavy (non-hydrogen) atoms. The highest BCUT2D eigenvalue weighted by molar-refractivity contribution is 5.97. The highest BCUT2D eigenvalue weighted by Gasteiger charge is 2.31. The van der Waals surface area contributed by atoms with Gasteiger partial charge in [-0.3, -0.25) is 9.69 Å². The van der Waals surface area contributed by atoms with E-state index in [0.29, 0.717) is 24.5 Å². The molecule has 1 amide bonds. The zero-order chi connectivity index (χ0) is 10.8. The van der Waals surface area contributed by atoms with Crippen molar-refractivity contribution < 1.29 is 9.90 Å². The second-order valence-electron chi connectivity index (χ2n) is 3.56. The van der Waals surface area contributed by atoms with Crippen molar-refractivity contribution in [2.24, 2.45) is 5.92 Å². The Kier molecular flexibility index (Phi) is 2.51. The summed E-state index contributed by atoms with van der Waals surface area (Å²) in [6.07, 6.45) is 3.16. The van der Waals surface area contributed by atoms with E-state index in [4.69, 9.17) is 10.8 Å². The van der Waals surface area contributed by atoms with Crippen molar-refractivity contribution >= 4 is 17.4 Å². The van der Waals surface area contributed by atoms with Gasteiger partial charge in [-0.2, -0.15) is 0 Å². The summed E-state index contributed by atoms with van der Waals surface area (Å²) < 4.78 is 0. The van der Waals surface area contributed by atoms with E-state index < -0.39 is 0 Å². The Balaban J connectivity index is 2.25. The number of aliphatic hydroxyl groups is 1. The first-order chi connectivity index (χ1) is 7.22. The Morgan fingerprint density at radius 3 is 3.07 bits per heavy atom. The number of aliphatic hydroxyl groups excluding tert-OH is 1. The molecule has 3 N–H and O–H groups in total. The molecule has 6 heteroatoms. The molecular weight excluding hydrogens is 196 g/mol. The lowest BCUT2D eigenvalue weighted by Gasteiger charge is -2.16. The number of carbonyl (C=O) groups is 1. The molecule has 1 aliphatic rings. The van der Waals surface area contributed by atoms with E-state index in [2.05, 4.69) is 9.97 Å². The zero-order valence-corrected chi connectivity index (χ0v) is 8.13. The monoisotopic (exact) mass is 208 g/mol. The molecule has 1 fully saturated rings. The fourth-order valence-electron chi connectivity index (χ4n) is 1.67. The Bertz CT molecular complexity index is 382. The molecule has 80 valence electrons. The van der Waals surface area contributed by atoms with Crippen LogP contribution < -0.4 is 10.6 Å². The predicted molar refractivity (Wildman–Crippen MR) is 54.0 cm³/mol. The predicted octanol–water partition coefficient (Wildman–Crippen LogP) is -0.596. The number of nitrogens with two attached hydrogens (primary N) is 1. The van der Waals surface area contributed by atoms with Crippen molar-refractivity contribution in [3.63, 3.8) is 0 Å². The van der Waals surface area contributed by atoms with Crippen LogP contribution in [0.25, 0.3) is 0 Å². The van der Waals surface area contributed by atoms with Gasteiger partial charge in [0, 0.05) is 25.5 Å². The van der Waals surface area contributed by atoms with E-state index in [-0.39, 0.29) is 18.4 Å². The van der Waals surface area contributed by atoms with Gasteiger partial charge in [-0.05, 0) is 0 Å². The van der Waals surface area contributed by atoms with Crippen LogP contribution in [0.4, 0.5) is 11.5 Å². The maximum absolute atomic E-state index is 11.6. The summed E-state index contributed by atoms with van der Waals surface area (Å²) in [5, 5.41) is 8.97. The lowest BCUT2D eigenvalue weighted by Crippen LogP contribution is -2.26. The number of rotatable bonds is 2. The van der Waals surface area contributed by atoms with Gasteiger partial charge in [0.15, 0.2) is 5.82 Å². The molecule has 1 unspecified atom stereocenters. The molecule has 6 nitrogen and oxygen atoms in total. The molecule has 0 aromatic carbocycles. The Morgan fingerprint density at radius 1 is 1.67 bits per heavy atom. The van der Waals surface area contributed by atoms with Crippen LogP contribution >= 0.6 is 0 Å². The number of aromatic nitrogens is 2. The summed E-state index contributed by atoms with van der Waals surface area (Å²) in [5.74, 6) is 0.359. The smallest absolute Gasteiger partial charge is 0.228 e. The number of nitrogens with zero attached hydrogens (tertiary/aromatic N) is 3. The summed E-state index contributed by atoms with van der Waals surface area (Å²) >= 11 is 0. The third-order valence-electron chi connectivity index (χ3n) is 2.44. The quantitative estimate of drug-likeness (QED) is 0.677. The normalized spacial score (nSPS) is 21.0. The fourth-order valence-corrected chi connectivity index (χ4v) is 1.67. The van der Waals surface area contributed by atoms with Crippen molar-refractivity contribution in [1.82, 2.24) is 9.97 Å². The third-order valence-corrected chi connectivity index (χ3v) is 2.44. The number of amides is 1. The number of carbonyl (C=O) groups excluding carboxylic acids is 1. The average Bonchev–Trinajstić information content (AvgIpc) is 2.60. The summed E-state index contributed by atoms with van der Waals surface area (Å²) in [6.45, 7) is 0.476. The van der Waals surface area contributed by atoms with Crippen LogP contribution in [-0.4, -0.2) is 34.1 Å². The molecule has 0 saturated carbocycles. The van der Waals surface area contributed by atoms with Gasteiger partial charge in [-0.25, -0.2) is 9.97 Å². The molecule has 0 radical (unpaired) electrons. The molecular formula is C9H12N4O2. The zero-order valence-electron chi connectivity index (χ0n) is 8.13. The van der Waals surface area contributed by atoms with Crippen LogP contribution in [0.5, 0.6) is 0 Å². The topological polar surface area (TPSA) is 92.3 Å². The maximum atomic E-state index is 11.6. The highest BCUT2D eigenvalue weighted by atomic mass is 16.3. The van der Waals surface area contributed by atoms with E-state index in [1.54, 1.807) is 0 Å². The first-order valence-electron chi connectivity index (χ1n) is 4.69. The second-order valence-corrected chi connectivity index (χ2v) is 3.56. The second kappa shape index (κ2) is 3.82. The number of hydrogen-bond acceptors (Lipinski definition) is 5. The standard InChI is InChI=1S/C9H12N4O2/c10-7-2-11-5-12-9(7)13-3-6(4-14)1-8(13)15/h2,5-6,14H,1,3-4,10H2. The molecule has 0 aliphatic carbocycles. The summed E-state index contributed by atoms with van der Waals surface area (Å²) in [4.78, 5) is 20.8. The van der Waals surface area contributed by atoms with Gasteiger partial charge in [-0.1, -0.05) is 0 Å². The van der Waals surface area contributed by atoms with Crippen LogP contribution in [0.1, 0.15) is 6.42 Å². The Hall–Kier alpha value is -1.69. The molecule has 2 heterocycles. The van der Waals surface area contributed by atoms with Gasteiger partial charge < -0.3 is 10.8 Å². The number of nitrogen functional groups attached to an aromatic ring is 1. The minimum Gasteiger partial charge on any atom is -0.396 e. The first kappa shape index (κ1) is 9.85. The minimum absolute atomic E-state index is 0.00717. The molecule has 1 saturated heterocycles. The average molecular weight is 208 g/mol. The van der Waals surface area contributed by atoms with Crippen LogP contribution in [0.3, 0.4) is 0 Å². The van der Waals surface area contributed by atoms with E-state index >= 15 is 0 Å². The molecule has 0 spiro atoms. The molecule has 1 atom stereocenters. The van der Waals surface area contributed by atoms with E-state index in [1.165, 1.54) is 17.4 Å². The molecule has 2 rings (SSSR count). The molecule has 0 bridgehead atoms. The lowest BCUT2D eigenvalue weighted by atomic mass is 10.1. The largest absolute Gasteiger partial charge is 0.396 e. The fraction of sp³-hybridized carbons (Fsp3) is 0.444. The highest BCUT2D eigenvalue weighted by Crippen LogP contribution is 2.26. The van der Waals surface area contributed by atoms with Gasteiger partial charge in [0.25, 0.3) is 0 Å². The summed E-state index contributed by atoms with van der Waals surface area (Å²) in [6, 6.07) is 0. The van der Waals surface area contributed by atoms with E-state index in [1.807, 2.05) is 0 Å². The van der Waals surface area contributed by atoms with Gasteiger partial charge in [0.05, 0.1) is 11.9 Å².